The summed E-state index contributed by atoms with van der Waals surface area (Å²) in [6.45, 7) is 0. The Labute approximate surface area is 130 Å². The first-order valence-corrected chi connectivity index (χ1v) is 6.78. The van der Waals surface area contributed by atoms with E-state index in [9.17, 15) is 14.4 Å². The van der Waals surface area contributed by atoms with Crippen LogP contribution in [0.1, 0.15) is 29.6 Å². The Hall–Kier alpha value is -1.79. The van der Waals surface area contributed by atoms with Crippen LogP contribution in [0.15, 0.2) is 18.2 Å². The molecule has 0 aliphatic rings. The minimum atomic E-state index is -1.24. The third-order valence-corrected chi connectivity index (χ3v) is 3.50. The number of carbonyl (C=O) groups excluding carboxylic acids is 1. The fourth-order valence-electron chi connectivity index (χ4n) is 1.63. The van der Waals surface area contributed by atoms with Gasteiger partial charge < -0.3 is 15.5 Å². The maximum absolute atomic E-state index is 12.0. The Morgan fingerprint density at radius 2 is 1.86 bits per heavy atom. The second-order valence-electron chi connectivity index (χ2n) is 4.25. The zero-order valence-electron chi connectivity index (χ0n) is 10.8. The van der Waals surface area contributed by atoms with E-state index in [-0.39, 0.29) is 34.9 Å². The third-order valence-electron chi connectivity index (χ3n) is 2.68. The van der Waals surface area contributed by atoms with Crippen molar-refractivity contribution in [2.75, 3.05) is 0 Å². The van der Waals surface area contributed by atoms with Crippen molar-refractivity contribution in [2.24, 2.45) is 0 Å². The number of aliphatic carboxylic acids is 2. The van der Waals surface area contributed by atoms with Crippen LogP contribution >= 0.6 is 23.2 Å². The molecule has 3 N–H and O–H groups in total. The molecule has 1 amide bonds. The van der Waals surface area contributed by atoms with E-state index in [0.29, 0.717) is 0 Å². The smallest absolute Gasteiger partial charge is 0.326 e. The summed E-state index contributed by atoms with van der Waals surface area (Å²) >= 11 is 11.7. The fourth-order valence-corrected chi connectivity index (χ4v) is 2.02. The van der Waals surface area contributed by atoms with Gasteiger partial charge in [0.1, 0.15) is 6.04 Å². The maximum Gasteiger partial charge on any atom is 0.326 e. The van der Waals surface area contributed by atoms with E-state index in [1.54, 1.807) is 0 Å². The SMILES string of the molecule is O=C(O)CCC[C@@H](NC(=O)c1cccc(Cl)c1Cl)C(=O)O. The van der Waals surface area contributed by atoms with Gasteiger partial charge in [-0.3, -0.25) is 9.59 Å². The molecule has 114 valence electrons. The summed E-state index contributed by atoms with van der Waals surface area (Å²) in [5.74, 6) is -2.94. The van der Waals surface area contributed by atoms with Crippen molar-refractivity contribution >= 4 is 41.0 Å². The number of halogens is 2. The van der Waals surface area contributed by atoms with Gasteiger partial charge in [0.05, 0.1) is 15.6 Å². The number of nitrogens with one attached hydrogen (secondary N) is 1. The number of carbonyl (C=O) groups is 3. The highest BCUT2D eigenvalue weighted by Gasteiger charge is 2.22. The van der Waals surface area contributed by atoms with Gasteiger partial charge in [-0.1, -0.05) is 29.3 Å². The summed E-state index contributed by atoms with van der Waals surface area (Å²) in [4.78, 5) is 33.5. The zero-order valence-corrected chi connectivity index (χ0v) is 12.3. The average Bonchev–Trinajstić information content (AvgIpc) is 2.40. The van der Waals surface area contributed by atoms with Crippen LogP contribution in [0.3, 0.4) is 0 Å². The molecule has 0 saturated carbocycles. The number of carboxylic acids is 2. The van der Waals surface area contributed by atoms with Gasteiger partial charge in [-0.15, -0.1) is 0 Å². The standard InChI is InChI=1S/C13H13Cl2NO5/c14-8-4-1-3-7(11(8)15)12(19)16-9(13(20)21)5-2-6-10(17)18/h1,3-4,9H,2,5-6H2,(H,16,19)(H,17,18)(H,20,21)/t9-/m1/s1. The van der Waals surface area contributed by atoms with Crippen LogP contribution < -0.4 is 5.32 Å². The van der Waals surface area contributed by atoms with Crippen LogP contribution in [0.4, 0.5) is 0 Å². The van der Waals surface area contributed by atoms with Crippen LogP contribution in [0.5, 0.6) is 0 Å². The van der Waals surface area contributed by atoms with Crippen LogP contribution in [0.25, 0.3) is 0 Å². The van der Waals surface area contributed by atoms with Gasteiger partial charge >= 0.3 is 11.9 Å². The second-order valence-corrected chi connectivity index (χ2v) is 5.04. The van der Waals surface area contributed by atoms with Crippen LogP contribution in [0, 0.1) is 0 Å². The number of amides is 1. The molecule has 1 aromatic rings. The number of carboxylic acid groups (broad SMARTS) is 2. The van der Waals surface area contributed by atoms with Gasteiger partial charge in [-0.25, -0.2) is 4.79 Å². The molecular formula is C13H13Cl2NO5. The summed E-state index contributed by atoms with van der Waals surface area (Å²) in [6.07, 6.45) is -0.0288. The number of hydrogen-bond acceptors (Lipinski definition) is 3. The molecule has 1 atom stereocenters. The van der Waals surface area contributed by atoms with E-state index in [4.69, 9.17) is 33.4 Å². The maximum atomic E-state index is 12.0. The lowest BCUT2D eigenvalue weighted by atomic mass is 10.1. The molecule has 0 unspecified atom stereocenters. The zero-order chi connectivity index (χ0) is 16.0. The van der Waals surface area contributed by atoms with Crippen molar-refractivity contribution < 1.29 is 24.6 Å². The molecule has 6 nitrogen and oxygen atoms in total. The summed E-state index contributed by atoms with van der Waals surface area (Å²) in [6, 6.07) is 3.25. The van der Waals surface area contributed by atoms with Crippen LogP contribution in [-0.2, 0) is 9.59 Å². The predicted molar refractivity (Wildman–Crippen MR) is 76.8 cm³/mol. The number of hydrogen-bond donors (Lipinski definition) is 3. The topological polar surface area (TPSA) is 104 Å². The molecule has 1 aromatic carbocycles. The molecule has 0 fully saturated rings. The van der Waals surface area contributed by atoms with Gasteiger partial charge in [-0.05, 0) is 25.0 Å². The number of benzene rings is 1. The lowest BCUT2D eigenvalue weighted by Gasteiger charge is -2.14. The molecule has 0 saturated heterocycles. The van der Waals surface area contributed by atoms with Gasteiger partial charge in [0.25, 0.3) is 5.91 Å². The van der Waals surface area contributed by atoms with Crippen molar-refractivity contribution in [3.8, 4) is 0 Å². The Morgan fingerprint density at radius 3 is 2.43 bits per heavy atom. The Bertz CT molecular complexity index is 561. The highest BCUT2D eigenvalue weighted by atomic mass is 35.5. The summed E-state index contributed by atoms with van der Waals surface area (Å²) in [5.41, 5.74) is 0.0636. The molecule has 0 aliphatic carbocycles. The number of rotatable bonds is 7. The lowest BCUT2D eigenvalue weighted by molar-refractivity contribution is -0.140. The molecular weight excluding hydrogens is 321 g/mol. The second kappa shape index (κ2) is 7.85. The Kier molecular flexibility index (Phi) is 6.45. The Morgan fingerprint density at radius 1 is 1.19 bits per heavy atom. The van der Waals surface area contributed by atoms with Crippen molar-refractivity contribution in [2.45, 2.75) is 25.3 Å². The molecule has 1 rings (SSSR count). The first kappa shape index (κ1) is 17.3. The molecule has 0 bridgehead atoms. The molecule has 0 heterocycles. The highest BCUT2D eigenvalue weighted by Crippen LogP contribution is 2.25. The lowest BCUT2D eigenvalue weighted by Crippen LogP contribution is -2.40. The molecule has 0 aromatic heterocycles. The average molecular weight is 334 g/mol. The van der Waals surface area contributed by atoms with Crippen molar-refractivity contribution in [3.05, 3.63) is 33.8 Å². The van der Waals surface area contributed by atoms with Crippen LogP contribution in [-0.4, -0.2) is 34.1 Å². The van der Waals surface area contributed by atoms with E-state index < -0.39 is 23.9 Å². The normalized spacial score (nSPS) is 11.7. The minimum absolute atomic E-state index is 0.00551. The summed E-state index contributed by atoms with van der Waals surface area (Å²) in [5, 5.41) is 20.1. The van der Waals surface area contributed by atoms with Gasteiger partial charge in [0.2, 0.25) is 0 Å². The molecule has 0 spiro atoms. The minimum Gasteiger partial charge on any atom is -0.481 e. The van der Waals surface area contributed by atoms with Gasteiger partial charge in [0, 0.05) is 6.42 Å². The van der Waals surface area contributed by atoms with E-state index in [0.717, 1.165) is 0 Å². The molecule has 0 aliphatic heterocycles. The van der Waals surface area contributed by atoms with E-state index in [2.05, 4.69) is 5.32 Å². The molecule has 8 heteroatoms. The monoisotopic (exact) mass is 333 g/mol. The molecule has 0 radical (unpaired) electrons. The molecule has 21 heavy (non-hydrogen) atoms. The quantitative estimate of drug-likeness (QED) is 0.710. The van der Waals surface area contributed by atoms with Crippen molar-refractivity contribution in [1.82, 2.24) is 5.32 Å². The Balaban J connectivity index is 2.74. The summed E-state index contributed by atoms with van der Waals surface area (Å²) in [7, 11) is 0. The van der Waals surface area contributed by atoms with Crippen LogP contribution in [0.2, 0.25) is 10.0 Å². The first-order chi connectivity index (χ1) is 9.82. The first-order valence-electron chi connectivity index (χ1n) is 6.02. The predicted octanol–water partition coefficient (Wildman–Crippen LogP) is 2.43. The van der Waals surface area contributed by atoms with Gasteiger partial charge in [0.15, 0.2) is 0 Å². The van der Waals surface area contributed by atoms with Crippen molar-refractivity contribution in [1.29, 1.82) is 0 Å². The largest absolute Gasteiger partial charge is 0.481 e. The van der Waals surface area contributed by atoms with E-state index >= 15 is 0 Å². The fraction of sp³-hybridized carbons (Fsp3) is 0.308. The van der Waals surface area contributed by atoms with Gasteiger partial charge in [-0.2, -0.15) is 0 Å². The summed E-state index contributed by atoms with van der Waals surface area (Å²) < 4.78 is 0. The van der Waals surface area contributed by atoms with Crippen molar-refractivity contribution in [3.63, 3.8) is 0 Å². The third kappa shape index (κ3) is 5.24. The van der Waals surface area contributed by atoms with E-state index in [1.807, 2.05) is 0 Å². The van der Waals surface area contributed by atoms with E-state index in [1.165, 1.54) is 18.2 Å². The highest BCUT2D eigenvalue weighted by molar-refractivity contribution is 6.43.